The minimum atomic E-state index is 0.212. The maximum atomic E-state index is 6.02. The highest BCUT2D eigenvalue weighted by molar-refractivity contribution is 14.1. The van der Waals surface area contributed by atoms with E-state index in [2.05, 4.69) is 78.0 Å². The highest BCUT2D eigenvalue weighted by Crippen LogP contribution is 2.38. The van der Waals surface area contributed by atoms with Crippen molar-refractivity contribution >= 4 is 22.6 Å². The Kier molecular flexibility index (Phi) is 6.48. The minimum absolute atomic E-state index is 0.212. The van der Waals surface area contributed by atoms with Crippen molar-refractivity contribution < 1.29 is 4.74 Å². The van der Waals surface area contributed by atoms with E-state index in [0.29, 0.717) is 11.5 Å². The van der Waals surface area contributed by atoms with Gasteiger partial charge in [0.05, 0.1) is 12.7 Å². The quantitative estimate of drug-likeness (QED) is 0.455. The van der Waals surface area contributed by atoms with Crippen molar-refractivity contribution in [2.45, 2.75) is 77.8 Å². The van der Waals surface area contributed by atoms with Gasteiger partial charge in [0.15, 0.2) is 0 Å². The van der Waals surface area contributed by atoms with Gasteiger partial charge in [-0.3, -0.25) is 0 Å². The van der Waals surface area contributed by atoms with Gasteiger partial charge in [0.2, 0.25) is 0 Å². The molecule has 17 heavy (non-hydrogen) atoms. The van der Waals surface area contributed by atoms with E-state index in [4.69, 9.17) is 4.74 Å². The first-order valence-corrected chi connectivity index (χ1v) is 7.73. The normalized spacial score (nSPS) is 16.1. The Morgan fingerprint density at radius 3 is 1.82 bits per heavy atom. The van der Waals surface area contributed by atoms with Gasteiger partial charge in [-0.05, 0) is 25.2 Å². The zero-order valence-corrected chi connectivity index (χ0v) is 15.1. The first kappa shape index (κ1) is 17.7. The van der Waals surface area contributed by atoms with E-state index >= 15 is 0 Å². The van der Waals surface area contributed by atoms with Gasteiger partial charge in [0.1, 0.15) is 0 Å². The van der Waals surface area contributed by atoms with E-state index in [-0.39, 0.29) is 8.84 Å². The molecule has 0 saturated carbocycles. The summed E-state index contributed by atoms with van der Waals surface area (Å²) in [6, 6.07) is 0. The lowest BCUT2D eigenvalue weighted by Crippen LogP contribution is -2.38. The van der Waals surface area contributed by atoms with Gasteiger partial charge in [-0.15, -0.1) is 0 Å². The average molecular weight is 354 g/mol. The number of ether oxygens (including phenoxy) is 1. The monoisotopic (exact) mass is 354 g/mol. The predicted octanol–water partition coefficient (Wildman–Crippen LogP) is 5.46. The second-order valence-corrected chi connectivity index (χ2v) is 10.3. The van der Waals surface area contributed by atoms with Gasteiger partial charge < -0.3 is 4.74 Å². The molecule has 0 bridgehead atoms. The van der Waals surface area contributed by atoms with E-state index in [1.165, 1.54) is 6.42 Å². The Balaban J connectivity index is 4.04. The van der Waals surface area contributed by atoms with E-state index in [0.717, 1.165) is 13.0 Å². The van der Waals surface area contributed by atoms with Gasteiger partial charge in [-0.25, -0.2) is 0 Å². The van der Waals surface area contributed by atoms with Crippen LogP contribution in [0.3, 0.4) is 0 Å². The second-order valence-electron chi connectivity index (χ2n) is 7.58. The molecule has 1 unspecified atom stereocenters. The molecule has 0 aromatic rings. The molecule has 0 spiro atoms. The van der Waals surface area contributed by atoms with Crippen LogP contribution in [0.4, 0.5) is 0 Å². The van der Waals surface area contributed by atoms with Crippen LogP contribution >= 0.6 is 22.6 Å². The summed E-state index contributed by atoms with van der Waals surface area (Å²) in [5.41, 5.74) is 0.624. The van der Waals surface area contributed by atoms with Crippen LogP contribution in [0.1, 0.15) is 68.2 Å². The summed E-state index contributed by atoms with van der Waals surface area (Å²) in [6.07, 6.45) is 2.75. The van der Waals surface area contributed by atoms with Crippen LogP contribution in [-0.2, 0) is 4.74 Å². The van der Waals surface area contributed by atoms with Gasteiger partial charge in [-0.1, -0.05) is 71.1 Å². The van der Waals surface area contributed by atoms with Crippen LogP contribution in [0.25, 0.3) is 0 Å². The molecule has 0 saturated heterocycles. The van der Waals surface area contributed by atoms with Crippen LogP contribution in [0.2, 0.25) is 0 Å². The molecule has 0 rings (SSSR count). The molecule has 0 aromatic carbocycles. The molecular weight excluding hydrogens is 323 g/mol. The van der Waals surface area contributed by atoms with E-state index in [1.807, 2.05) is 0 Å². The fourth-order valence-corrected chi connectivity index (χ4v) is 1.40. The topological polar surface area (TPSA) is 9.23 Å². The number of hydrogen-bond acceptors (Lipinski definition) is 1. The summed E-state index contributed by atoms with van der Waals surface area (Å²) in [5.74, 6) is 0. The Morgan fingerprint density at radius 1 is 1.00 bits per heavy atom. The smallest absolute Gasteiger partial charge is 0.0547 e. The summed E-state index contributed by atoms with van der Waals surface area (Å²) in [6.45, 7) is 19.0. The largest absolute Gasteiger partial charge is 0.378 e. The first-order chi connectivity index (χ1) is 7.35. The molecule has 0 aliphatic heterocycles. The van der Waals surface area contributed by atoms with Crippen molar-refractivity contribution in [1.82, 2.24) is 0 Å². The van der Waals surface area contributed by atoms with Crippen molar-refractivity contribution in [2.24, 2.45) is 10.8 Å². The lowest BCUT2D eigenvalue weighted by molar-refractivity contribution is -0.00410. The Morgan fingerprint density at radius 2 is 1.47 bits per heavy atom. The van der Waals surface area contributed by atoms with Crippen molar-refractivity contribution in [2.75, 3.05) is 6.61 Å². The summed E-state index contributed by atoms with van der Waals surface area (Å²) in [4.78, 5) is 0. The summed E-state index contributed by atoms with van der Waals surface area (Å²) >= 11 is 2.52. The maximum absolute atomic E-state index is 6.02. The van der Waals surface area contributed by atoms with Gasteiger partial charge >= 0.3 is 0 Å². The third-order valence-electron chi connectivity index (χ3n) is 3.64. The molecule has 0 aromatic heterocycles. The molecule has 0 aliphatic carbocycles. The Labute approximate surface area is 122 Å². The lowest BCUT2D eigenvalue weighted by Gasteiger charge is -2.37. The number of rotatable bonds is 6. The van der Waals surface area contributed by atoms with Crippen LogP contribution in [0.5, 0.6) is 0 Å². The zero-order valence-electron chi connectivity index (χ0n) is 13.0. The summed E-state index contributed by atoms with van der Waals surface area (Å²) < 4.78 is 6.28. The zero-order chi connectivity index (χ0) is 13.9. The standard InChI is InChI=1S/C15H31IO/c1-12(9-10-13(2,3)4)17-11-14(5,6)15(7,8)16/h12H,9-11H2,1-8H3. The molecule has 1 atom stereocenters. The molecule has 0 heterocycles. The summed E-state index contributed by atoms with van der Waals surface area (Å²) in [7, 11) is 0. The minimum Gasteiger partial charge on any atom is -0.378 e. The molecule has 0 fully saturated rings. The van der Waals surface area contributed by atoms with Crippen LogP contribution in [-0.4, -0.2) is 16.1 Å². The second kappa shape index (κ2) is 6.23. The lowest BCUT2D eigenvalue weighted by atomic mass is 9.82. The molecule has 0 amide bonds. The fraction of sp³-hybridized carbons (Fsp3) is 1.00. The molecular formula is C15H31IO. The molecule has 0 N–H and O–H groups in total. The van der Waals surface area contributed by atoms with Crippen molar-refractivity contribution in [3.63, 3.8) is 0 Å². The van der Waals surface area contributed by atoms with Crippen molar-refractivity contribution in [3.05, 3.63) is 0 Å². The van der Waals surface area contributed by atoms with Crippen molar-refractivity contribution in [3.8, 4) is 0 Å². The SMILES string of the molecule is CC(CCC(C)(C)C)OCC(C)(C)C(C)(C)I. The highest BCUT2D eigenvalue weighted by atomic mass is 127. The van der Waals surface area contributed by atoms with Crippen molar-refractivity contribution in [1.29, 1.82) is 0 Å². The number of alkyl halides is 1. The third kappa shape index (κ3) is 7.66. The number of hydrogen-bond donors (Lipinski definition) is 0. The Bertz CT molecular complexity index is 220. The van der Waals surface area contributed by atoms with Crippen LogP contribution < -0.4 is 0 Å². The van der Waals surface area contributed by atoms with E-state index in [9.17, 15) is 0 Å². The predicted molar refractivity (Wildman–Crippen MR) is 86.0 cm³/mol. The molecule has 1 nitrogen and oxygen atoms in total. The van der Waals surface area contributed by atoms with Gasteiger partial charge in [0, 0.05) is 8.84 Å². The third-order valence-corrected chi connectivity index (χ3v) is 5.10. The number of halogens is 1. The first-order valence-electron chi connectivity index (χ1n) is 6.66. The van der Waals surface area contributed by atoms with Gasteiger partial charge in [-0.2, -0.15) is 0 Å². The molecule has 104 valence electrons. The molecule has 0 aliphatic rings. The van der Waals surface area contributed by atoms with E-state index in [1.54, 1.807) is 0 Å². The highest BCUT2D eigenvalue weighted by Gasteiger charge is 2.35. The molecule has 0 radical (unpaired) electrons. The molecule has 2 heteroatoms. The van der Waals surface area contributed by atoms with E-state index < -0.39 is 0 Å². The van der Waals surface area contributed by atoms with Crippen LogP contribution in [0.15, 0.2) is 0 Å². The average Bonchev–Trinajstić information content (AvgIpc) is 2.08. The Hall–Kier alpha value is 0.690. The van der Waals surface area contributed by atoms with Crippen LogP contribution in [0, 0.1) is 10.8 Å². The maximum Gasteiger partial charge on any atom is 0.0547 e. The fourth-order valence-electron chi connectivity index (χ4n) is 1.24. The summed E-state index contributed by atoms with van der Waals surface area (Å²) in [5, 5.41) is 0. The van der Waals surface area contributed by atoms with Gasteiger partial charge in [0.25, 0.3) is 0 Å².